The lowest BCUT2D eigenvalue weighted by atomic mass is 10.0. The minimum atomic E-state index is -1.45. The van der Waals surface area contributed by atoms with Crippen LogP contribution in [0.5, 0.6) is 11.5 Å². The van der Waals surface area contributed by atoms with Gasteiger partial charge in [0.15, 0.2) is 5.13 Å². The lowest BCUT2D eigenvalue weighted by Gasteiger charge is -2.29. The zero-order valence-corrected chi connectivity index (χ0v) is 31.5. The number of amides is 3. The molecule has 1 aromatic carbocycles. The number of nitrogens with zero attached hydrogens (tertiary/aromatic N) is 3. The van der Waals surface area contributed by atoms with Gasteiger partial charge in [0.25, 0.3) is 0 Å². The summed E-state index contributed by atoms with van der Waals surface area (Å²) in [5.74, 6) is -1.36. The number of hydrogen-bond donors (Lipinski definition) is 4. The van der Waals surface area contributed by atoms with Crippen molar-refractivity contribution in [1.82, 2.24) is 25.5 Å². The number of hydrogen-bond acceptors (Lipinski definition) is 11. The molecule has 2 aromatic heterocycles. The minimum Gasteiger partial charge on any atom is -0.497 e. The monoisotopic (exact) mass is 760 g/mol. The number of carbonyl (C=O) groups excluding carboxylic acids is 3. The molecule has 288 valence electrons. The lowest BCUT2D eigenvalue weighted by molar-refractivity contribution is -0.145. The van der Waals surface area contributed by atoms with Crippen molar-refractivity contribution in [3.05, 3.63) is 41.8 Å². The van der Waals surface area contributed by atoms with Gasteiger partial charge in [-0.3, -0.25) is 9.59 Å². The number of methoxy groups -OCH3 is 1. The van der Waals surface area contributed by atoms with Gasteiger partial charge >= 0.3 is 12.1 Å². The number of allylic oxidation sites excluding steroid dienone is 1. The van der Waals surface area contributed by atoms with Crippen molar-refractivity contribution in [2.75, 3.05) is 25.5 Å². The van der Waals surface area contributed by atoms with Gasteiger partial charge in [-0.25, -0.2) is 19.6 Å². The lowest BCUT2D eigenvalue weighted by Crippen LogP contribution is -2.56. The zero-order chi connectivity index (χ0) is 37.8. The summed E-state index contributed by atoms with van der Waals surface area (Å²) in [5.41, 5.74) is 0.403. The van der Waals surface area contributed by atoms with Crippen molar-refractivity contribution in [1.29, 1.82) is 0 Å². The third-order valence-electron chi connectivity index (χ3n) is 10.9. The Bertz CT molecular complexity index is 1910. The number of carboxylic acids is 1. The molecular weight excluding hydrogens is 713 g/mol. The van der Waals surface area contributed by atoms with E-state index in [0.717, 1.165) is 56.6 Å². The summed E-state index contributed by atoms with van der Waals surface area (Å²) in [5, 5.41) is 22.5. The second kappa shape index (κ2) is 16.2. The van der Waals surface area contributed by atoms with E-state index in [0.29, 0.717) is 46.6 Å². The Morgan fingerprint density at radius 1 is 1.06 bits per heavy atom. The first-order valence-corrected chi connectivity index (χ1v) is 19.9. The first-order valence-electron chi connectivity index (χ1n) is 19.0. The van der Waals surface area contributed by atoms with Crippen LogP contribution in [0.4, 0.5) is 9.93 Å². The molecule has 2 aliphatic heterocycles. The SMILES string of the molecule is CCNc1nc(-c2cc(O[C@@H]3C[C@H]4C(=O)NC5(C(=O)O)CC5/C=C\CCCCC[C@H](NC(=O)OC5CCCC5)C(=O)N4C3)c3ccc(OC)cc3n2)cs1. The Morgan fingerprint density at radius 3 is 2.65 bits per heavy atom. The number of aliphatic carboxylic acids is 1. The van der Waals surface area contributed by atoms with Crippen LogP contribution >= 0.6 is 11.3 Å². The van der Waals surface area contributed by atoms with Gasteiger partial charge in [0.1, 0.15) is 47.0 Å². The van der Waals surface area contributed by atoms with Gasteiger partial charge in [-0.05, 0) is 70.4 Å². The molecule has 7 rings (SSSR count). The summed E-state index contributed by atoms with van der Waals surface area (Å²) >= 11 is 1.47. The third kappa shape index (κ3) is 8.10. The topological polar surface area (TPSA) is 181 Å². The summed E-state index contributed by atoms with van der Waals surface area (Å²) in [4.78, 5) is 65.4. The molecule has 0 spiro atoms. The Hall–Kier alpha value is -4.92. The molecule has 3 amide bonds. The molecule has 2 unspecified atom stereocenters. The van der Waals surface area contributed by atoms with E-state index in [-0.39, 0.29) is 31.4 Å². The number of carboxylic acid groups (broad SMARTS) is 1. The van der Waals surface area contributed by atoms with Crippen molar-refractivity contribution in [2.24, 2.45) is 5.92 Å². The average molecular weight is 761 g/mol. The number of anilines is 1. The molecular formula is C39H48N6O8S. The molecule has 2 saturated carbocycles. The van der Waals surface area contributed by atoms with Gasteiger partial charge in [-0.15, -0.1) is 11.3 Å². The summed E-state index contributed by atoms with van der Waals surface area (Å²) in [6, 6.07) is 5.30. The molecule has 3 aromatic rings. The molecule has 15 heteroatoms. The summed E-state index contributed by atoms with van der Waals surface area (Å²) in [6.45, 7) is 2.75. The predicted octanol–water partition coefficient (Wildman–Crippen LogP) is 5.66. The number of nitrogens with one attached hydrogen (secondary N) is 3. The predicted molar refractivity (Wildman–Crippen MR) is 203 cm³/mol. The Balaban J connectivity index is 1.20. The first kappa shape index (κ1) is 37.4. The number of benzene rings is 1. The maximum Gasteiger partial charge on any atom is 0.408 e. The minimum absolute atomic E-state index is 0.0345. The van der Waals surface area contributed by atoms with E-state index in [1.54, 1.807) is 7.11 Å². The maximum atomic E-state index is 14.5. The van der Waals surface area contributed by atoms with E-state index >= 15 is 0 Å². The van der Waals surface area contributed by atoms with E-state index in [1.165, 1.54) is 16.2 Å². The number of fused-ring (bicyclic) bond motifs is 3. The van der Waals surface area contributed by atoms with Crippen LogP contribution in [-0.4, -0.2) is 93.9 Å². The maximum absolute atomic E-state index is 14.5. The Morgan fingerprint density at radius 2 is 1.87 bits per heavy atom. The highest BCUT2D eigenvalue weighted by Gasteiger charge is 2.61. The van der Waals surface area contributed by atoms with E-state index in [9.17, 15) is 24.3 Å². The fourth-order valence-corrected chi connectivity index (χ4v) is 8.59. The molecule has 0 bridgehead atoms. The number of carbonyl (C=O) groups is 4. The quantitative estimate of drug-likeness (QED) is 0.198. The highest BCUT2D eigenvalue weighted by Crippen LogP contribution is 2.45. The standard InChI is InChI=1S/C39H48N6O8S/c1-3-40-37-42-31(22-54-37)30-19-33(27-16-15-25(51-2)17-29(27)41-30)52-26-18-32-34(46)44-39(36(48)49)20-23(39)11-7-5-4-6-8-14-28(35(47)45(32)21-26)43-38(50)53-24-12-9-10-13-24/h7,11,15-17,19,22-24,26,28,32H,3-6,8-10,12-14,18,20-21H2,1-2H3,(H,40,42)(H,43,50)(H,44,46)(H,48,49)/b11-7-/t23?,26-,28+,32+,39?/m1/s1. The van der Waals surface area contributed by atoms with Gasteiger partial charge in [-0.2, -0.15) is 0 Å². The van der Waals surface area contributed by atoms with Crippen LogP contribution in [0.1, 0.15) is 77.6 Å². The third-order valence-corrected chi connectivity index (χ3v) is 11.7. The van der Waals surface area contributed by atoms with Crippen molar-refractivity contribution < 1.29 is 38.5 Å². The van der Waals surface area contributed by atoms with Gasteiger partial charge in [0.05, 0.1) is 24.9 Å². The molecule has 4 aliphatic rings. The van der Waals surface area contributed by atoms with E-state index in [2.05, 4.69) is 16.0 Å². The zero-order valence-electron chi connectivity index (χ0n) is 30.7. The largest absolute Gasteiger partial charge is 0.497 e. The smallest absolute Gasteiger partial charge is 0.408 e. The van der Waals surface area contributed by atoms with Crippen molar-refractivity contribution >= 4 is 51.2 Å². The van der Waals surface area contributed by atoms with E-state index in [4.69, 9.17) is 24.2 Å². The fraction of sp³-hybridized carbons (Fsp3) is 0.538. The fourth-order valence-electron chi connectivity index (χ4n) is 7.82. The molecule has 2 aliphatic carbocycles. The van der Waals surface area contributed by atoms with Crippen LogP contribution in [-0.2, 0) is 19.1 Å². The van der Waals surface area contributed by atoms with Crippen LogP contribution in [0.25, 0.3) is 22.3 Å². The average Bonchev–Trinajstić information content (AvgIpc) is 3.59. The van der Waals surface area contributed by atoms with Crippen LogP contribution in [0, 0.1) is 5.92 Å². The molecule has 1 saturated heterocycles. The normalized spacial score (nSPS) is 26.8. The first-order chi connectivity index (χ1) is 26.2. The Kier molecular flexibility index (Phi) is 11.2. The number of alkyl carbamates (subject to hydrolysis) is 1. The van der Waals surface area contributed by atoms with Crippen LogP contribution in [0.15, 0.2) is 41.8 Å². The molecule has 3 fully saturated rings. The van der Waals surface area contributed by atoms with Crippen molar-refractivity contribution in [2.45, 2.75) is 107 Å². The Labute approximate surface area is 318 Å². The number of ether oxygens (including phenoxy) is 3. The second-order valence-electron chi connectivity index (χ2n) is 14.6. The summed E-state index contributed by atoms with van der Waals surface area (Å²) < 4.78 is 17.9. The van der Waals surface area contributed by atoms with Gasteiger partial charge in [0.2, 0.25) is 11.8 Å². The molecule has 54 heavy (non-hydrogen) atoms. The second-order valence-corrected chi connectivity index (χ2v) is 15.4. The summed E-state index contributed by atoms with van der Waals surface area (Å²) in [6.07, 6.45) is 9.73. The van der Waals surface area contributed by atoms with E-state index < -0.39 is 47.6 Å². The molecule has 5 atom stereocenters. The number of aromatic nitrogens is 2. The van der Waals surface area contributed by atoms with Crippen molar-refractivity contribution in [3.63, 3.8) is 0 Å². The van der Waals surface area contributed by atoms with Crippen LogP contribution in [0.3, 0.4) is 0 Å². The highest BCUT2D eigenvalue weighted by molar-refractivity contribution is 7.14. The number of pyridine rings is 1. The highest BCUT2D eigenvalue weighted by atomic mass is 32.1. The van der Waals surface area contributed by atoms with Gasteiger partial charge in [0, 0.05) is 41.8 Å². The molecule has 4 N–H and O–H groups in total. The van der Waals surface area contributed by atoms with Gasteiger partial charge in [-0.1, -0.05) is 25.0 Å². The van der Waals surface area contributed by atoms with Crippen LogP contribution < -0.4 is 25.4 Å². The molecule has 14 nitrogen and oxygen atoms in total. The van der Waals surface area contributed by atoms with Crippen molar-refractivity contribution in [3.8, 4) is 22.9 Å². The number of thiazole rings is 1. The van der Waals surface area contributed by atoms with E-state index in [1.807, 2.05) is 48.7 Å². The molecule has 4 heterocycles. The van der Waals surface area contributed by atoms with Crippen LogP contribution in [0.2, 0.25) is 0 Å². The van der Waals surface area contributed by atoms with Gasteiger partial charge < -0.3 is 40.2 Å². The molecule has 0 radical (unpaired) electrons. The summed E-state index contributed by atoms with van der Waals surface area (Å²) in [7, 11) is 1.58. The number of rotatable bonds is 9.